The van der Waals surface area contributed by atoms with E-state index in [-0.39, 0.29) is 13.0 Å². The summed E-state index contributed by atoms with van der Waals surface area (Å²) in [5, 5.41) is 3.48. The number of nitrogens with zero attached hydrogens (tertiary/aromatic N) is 5. The molecule has 1 aromatic rings. The predicted octanol–water partition coefficient (Wildman–Crippen LogP) is 5.11. The van der Waals surface area contributed by atoms with Crippen LogP contribution in [0.4, 0.5) is 19.0 Å². The molecule has 0 N–H and O–H groups in total. The number of anilines is 1. The number of piperidine rings is 1. The van der Waals surface area contributed by atoms with Crippen molar-refractivity contribution < 1.29 is 17.9 Å². The molecule has 0 saturated carbocycles. The molecule has 9 heteroatoms. The van der Waals surface area contributed by atoms with E-state index in [0.717, 1.165) is 25.7 Å². The highest BCUT2D eigenvalue weighted by atomic mass is 19.4. The molecule has 1 fully saturated rings. The summed E-state index contributed by atoms with van der Waals surface area (Å²) in [6.45, 7) is 1.54. The van der Waals surface area contributed by atoms with Gasteiger partial charge >= 0.3 is 6.18 Å². The van der Waals surface area contributed by atoms with Crippen molar-refractivity contribution in [2.75, 3.05) is 31.1 Å². The fourth-order valence-electron chi connectivity index (χ4n) is 2.97. The van der Waals surface area contributed by atoms with Crippen molar-refractivity contribution >= 4 is 5.82 Å². The summed E-state index contributed by atoms with van der Waals surface area (Å²) < 4.78 is 44.5. The zero-order chi connectivity index (χ0) is 18.8. The van der Waals surface area contributed by atoms with E-state index >= 15 is 0 Å². The lowest BCUT2D eigenvalue weighted by atomic mass is 9.97. The SMILES string of the molecule is [N-]=[N+]=NCCCCCCOc1cccc(N2CCCC(C(F)(F)F)C2)n1. The van der Waals surface area contributed by atoms with Gasteiger partial charge in [0.15, 0.2) is 0 Å². The number of rotatable bonds is 9. The fourth-order valence-corrected chi connectivity index (χ4v) is 2.97. The first-order valence-corrected chi connectivity index (χ1v) is 8.93. The molecule has 6 nitrogen and oxygen atoms in total. The Morgan fingerprint density at radius 2 is 2.08 bits per heavy atom. The van der Waals surface area contributed by atoms with Crippen LogP contribution in [0.15, 0.2) is 23.3 Å². The van der Waals surface area contributed by atoms with Gasteiger partial charge in [-0.3, -0.25) is 0 Å². The van der Waals surface area contributed by atoms with Crippen molar-refractivity contribution in [3.63, 3.8) is 0 Å². The monoisotopic (exact) mass is 371 g/mol. The van der Waals surface area contributed by atoms with Gasteiger partial charge < -0.3 is 9.64 Å². The number of hydrogen-bond donors (Lipinski definition) is 0. The molecule has 0 amide bonds. The Morgan fingerprint density at radius 3 is 2.85 bits per heavy atom. The highest BCUT2D eigenvalue weighted by Crippen LogP contribution is 2.34. The van der Waals surface area contributed by atoms with Crippen LogP contribution >= 0.6 is 0 Å². The molecule has 1 aromatic heterocycles. The highest BCUT2D eigenvalue weighted by molar-refractivity contribution is 5.41. The minimum absolute atomic E-state index is 0.0505. The van der Waals surface area contributed by atoms with E-state index in [0.29, 0.717) is 37.8 Å². The number of hydrogen-bond acceptors (Lipinski definition) is 4. The molecule has 26 heavy (non-hydrogen) atoms. The minimum Gasteiger partial charge on any atom is -0.478 e. The lowest BCUT2D eigenvalue weighted by Gasteiger charge is -2.34. The van der Waals surface area contributed by atoms with E-state index in [1.807, 2.05) is 0 Å². The van der Waals surface area contributed by atoms with E-state index in [2.05, 4.69) is 15.0 Å². The minimum atomic E-state index is -4.16. The molecule has 1 aliphatic rings. The van der Waals surface area contributed by atoms with Gasteiger partial charge in [-0.15, -0.1) is 0 Å². The summed E-state index contributed by atoms with van der Waals surface area (Å²) in [6, 6.07) is 5.20. The maximum absolute atomic E-state index is 13.0. The largest absolute Gasteiger partial charge is 0.478 e. The first-order valence-electron chi connectivity index (χ1n) is 8.93. The third-order valence-electron chi connectivity index (χ3n) is 4.38. The van der Waals surface area contributed by atoms with Crippen LogP contribution in [-0.2, 0) is 0 Å². The van der Waals surface area contributed by atoms with Crippen molar-refractivity contribution in [3.05, 3.63) is 28.6 Å². The Kier molecular flexibility index (Phi) is 7.84. The summed E-state index contributed by atoms with van der Waals surface area (Å²) in [7, 11) is 0. The molecule has 0 radical (unpaired) electrons. The van der Waals surface area contributed by atoms with Crippen molar-refractivity contribution in [1.82, 2.24) is 4.98 Å². The molecule has 0 bridgehead atoms. The average Bonchev–Trinajstić information content (AvgIpc) is 2.63. The summed E-state index contributed by atoms with van der Waals surface area (Å²) in [5.41, 5.74) is 8.18. The molecule has 0 aromatic carbocycles. The molecule has 0 aliphatic carbocycles. The van der Waals surface area contributed by atoms with Gasteiger partial charge in [-0.25, -0.2) is 0 Å². The fraction of sp³-hybridized carbons (Fsp3) is 0.706. The van der Waals surface area contributed by atoms with E-state index in [1.54, 1.807) is 23.1 Å². The Labute approximate surface area is 151 Å². The highest BCUT2D eigenvalue weighted by Gasteiger charge is 2.42. The van der Waals surface area contributed by atoms with E-state index in [4.69, 9.17) is 10.3 Å². The number of azide groups is 1. The van der Waals surface area contributed by atoms with Crippen LogP contribution in [0.25, 0.3) is 10.4 Å². The van der Waals surface area contributed by atoms with Gasteiger partial charge in [0.1, 0.15) is 5.82 Å². The van der Waals surface area contributed by atoms with Crippen LogP contribution in [0.5, 0.6) is 5.88 Å². The quantitative estimate of drug-likeness (QED) is 0.262. The Morgan fingerprint density at radius 1 is 1.27 bits per heavy atom. The van der Waals surface area contributed by atoms with Crippen LogP contribution in [0, 0.1) is 5.92 Å². The van der Waals surface area contributed by atoms with Crippen LogP contribution in [0.3, 0.4) is 0 Å². The molecular weight excluding hydrogens is 347 g/mol. The Balaban J connectivity index is 1.77. The summed E-state index contributed by atoms with van der Waals surface area (Å²) in [6.07, 6.45) is 0.144. The topological polar surface area (TPSA) is 74.1 Å². The van der Waals surface area contributed by atoms with Gasteiger partial charge in [-0.05, 0) is 37.3 Å². The molecule has 2 rings (SSSR count). The second-order valence-electron chi connectivity index (χ2n) is 6.38. The third-order valence-corrected chi connectivity index (χ3v) is 4.38. The van der Waals surface area contributed by atoms with Gasteiger partial charge in [0.05, 0.1) is 12.5 Å². The Hall–Kier alpha value is -2.15. The van der Waals surface area contributed by atoms with Crippen molar-refractivity contribution in [2.45, 2.75) is 44.7 Å². The molecule has 1 aliphatic heterocycles. The van der Waals surface area contributed by atoms with Gasteiger partial charge in [0, 0.05) is 30.6 Å². The molecule has 1 saturated heterocycles. The molecule has 144 valence electrons. The normalized spacial score (nSPS) is 17.7. The zero-order valence-corrected chi connectivity index (χ0v) is 14.7. The van der Waals surface area contributed by atoms with Crippen LogP contribution in [0.2, 0.25) is 0 Å². The predicted molar refractivity (Wildman–Crippen MR) is 93.2 cm³/mol. The maximum atomic E-state index is 13.0. The Bertz CT molecular complexity index is 604. The molecule has 1 atom stereocenters. The van der Waals surface area contributed by atoms with Crippen LogP contribution < -0.4 is 9.64 Å². The molecule has 2 heterocycles. The second-order valence-corrected chi connectivity index (χ2v) is 6.38. The van der Waals surface area contributed by atoms with Gasteiger partial charge in [-0.1, -0.05) is 24.0 Å². The maximum Gasteiger partial charge on any atom is 0.393 e. The number of pyridine rings is 1. The summed E-state index contributed by atoms with van der Waals surface area (Å²) in [5.74, 6) is -0.329. The van der Waals surface area contributed by atoms with Gasteiger partial charge in [0.2, 0.25) is 5.88 Å². The number of alkyl halides is 3. The van der Waals surface area contributed by atoms with E-state index in [9.17, 15) is 13.2 Å². The van der Waals surface area contributed by atoms with Crippen molar-refractivity contribution in [1.29, 1.82) is 0 Å². The lowest BCUT2D eigenvalue weighted by molar-refractivity contribution is -0.176. The molecular formula is C17H24F3N5O. The number of unbranched alkanes of at least 4 members (excludes halogenated alkanes) is 3. The lowest BCUT2D eigenvalue weighted by Crippen LogP contribution is -2.42. The van der Waals surface area contributed by atoms with Crippen LogP contribution in [0.1, 0.15) is 38.5 Å². The number of halogens is 3. The van der Waals surface area contributed by atoms with Crippen LogP contribution in [-0.4, -0.2) is 37.4 Å². The standard InChI is InChI=1S/C17H24F3N5O/c18-17(19,20)14-7-6-11-25(13-14)15-8-5-9-16(23-15)26-12-4-2-1-3-10-22-24-21/h5,8-9,14H,1-4,6-7,10-13H2. The van der Waals surface area contributed by atoms with Gasteiger partial charge in [-0.2, -0.15) is 18.2 Å². The summed E-state index contributed by atoms with van der Waals surface area (Å²) >= 11 is 0. The summed E-state index contributed by atoms with van der Waals surface area (Å²) in [4.78, 5) is 8.74. The zero-order valence-electron chi connectivity index (χ0n) is 14.7. The van der Waals surface area contributed by atoms with Crippen molar-refractivity contribution in [2.24, 2.45) is 11.0 Å². The number of ether oxygens (including phenoxy) is 1. The molecule has 1 unspecified atom stereocenters. The van der Waals surface area contributed by atoms with E-state index < -0.39 is 12.1 Å². The smallest absolute Gasteiger partial charge is 0.393 e. The first kappa shape index (κ1) is 20.2. The van der Waals surface area contributed by atoms with E-state index in [1.165, 1.54) is 0 Å². The third kappa shape index (κ3) is 6.63. The molecule has 0 spiro atoms. The van der Waals surface area contributed by atoms with Crippen molar-refractivity contribution in [3.8, 4) is 5.88 Å². The average molecular weight is 371 g/mol. The first-order chi connectivity index (χ1) is 12.5. The second kappa shape index (κ2) is 10.1. The number of aromatic nitrogens is 1. The van der Waals surface area contributed by atoms with Gasteiger partial charge in [0.25, 0.3) is 0 Å².